The molecule has 0 aromatic heterocycles. The second-order valence-corrected chi connectivity index (χ2v) is 5.98. The van der Waals surface area contributed by atoms with Crippen molar-refractivity contribution >= 4 is 17.6 Å². The van der Waals surface area contributed by atoms with Crippen molar-refractivity contribution in [2.75, 3.05) is 5.32 Å². The van der Waals surface area contributed by atoms with Gasteiger partial charge in [-0.1, -0.05) is 29.8 Å². The molecule has 0 saturated heterocycles. The molecular formula is C22H19NO4. The minimum Gasteiger partial charge on any atom is -0.455 e. The zero-order valence-electron chi connectivity index (χ0n) is 15.1. The van der Waals surface area contributed by atoms with Gasteiger partial charge in [0, 0.05) is 12.5 Å². The van der Waals surface area contributed by atoms with Crippen molar-refractivity contribution in [2.24, 2.45) is 0 Å². The van der Waals surface area contributed by atoms with Gasteiger partial charge in [-0.05, 0) is 55.5 Å². The van der Waals surface area contributed by atoms with Gasteiger partial charge >= 0.3 is 5.97 Å². The Morgan fingerprint density at radius 1 is 0.815 bits per heavy atom. The number of hydrogen-bond donors (Lipinski definition) is 1. The van der Waals surface area contributed by atoms with E-state index in [-0.39, 0.29) is 5.91 Å². The Bertz CT molecular complexity index is 947. The van der Waals surface area contributed by atoms with Crippen LogP contribution in [0.4, 0.5) is 5.69 Å². The summed E-state index contributed by atoms with van der Waals surface area (Å²) in [5.41, 5.74) is 2.14. The van der Waals surface area contributed by atoms with Crippen molar-refractivity contribution in [2.45, 2.75) is 13.8 Å². The average molecular weight is 361 g/mol. The standard InChI is InChI=1S/C22H19NO4/c1-15-7-11-19(12-8-15)27-21-6-4-3-5-20(21)23-22(25)17-9-13-18(14-10-17)26-16(2)24/h3-14H,1-2H3,(H,23,25). The number of benzene rings is 3. The summed E-state index contributed by atoms with van der Waals surface area (Å²) in [6.45, 7) is 3.33. The topological polar surface area (TPSA) is 64.6 Å². The van der Waals surface area contributed by atoms with E-state index in [1.807, 2.05) is 43.3 Å². The summed E-state index contributed by atoms with van der Waals surface area (Å²) in [6, 6.07) is 21.2. The Kier molecular flexibility index (Phi) is 5.52. The normalized spacial score (nSPS) is 10.1. The predicted molar refractivity (Wildman–Crippen MR) is 103 cm³/mol. The maximum absolute atomic E-state index is 12.5. The van der Waals surface area contributed by atoms with Crippen molar-refractivity contribution in [1.82, 2.24) is 0 Å². The molecule has 5 nitrogen and oxygen atoms in total. The fraction of sp³-hybridized carbons (Fsp3) is 0.0909. The maximum Gasteiger partial charge on any atom is 0.308 e. The molecule has 1 N–H and O–H groups in total. The highest BCUT2D eigenvalue weighted by atomic mass is 16.5. The quantitative estimate of drug-likeness (QED) is 0.515. The van der Waals surface area contributed by atoms with Gasteiger partial charge in [-0.2, -0.15) is 0 Å². The third kappa shape index (κ3) is 4.95. The van der Waals surface area contributed by atoms with Gasteiger partial charge in [0.2, 0.25) is 0 Å². The molecule has 0 unspecified atom stereocenters. The van der Waals surface area contributed by atoms with E-state index in [4.69, 9.17) is 9.47 Å². The lowest BCUT2D eigenvalue weighted by Gasteiger charge is -2.12. The number of rotatable bonds is 5. The van der Waals surface area contributed by atoms with Gasteiger partial charge in [-0.15, -0.1) is 0 Å². The Hall–Kier alpha value is -3.60. The first-order valence-corrected chi connectivity index (χ1v) is 8.44. The van der Waals surface area contributed by atoms with E-state index in [0.717, 1.165) is 5.56 Å². The molecule has 27 heavy (non-hydrogen) atoms. The molecule has 0 radical (unpaired) electrons. The molecule has 3 aromatic carbocycles. The first kappa shape index (κ1) is 18.2. The summed E-state index contributed by atoms with van der Waals surface area (Å²) in [4.78, 5) is 23.5. The number of para-hydroxylation sites is 2. The van der Waals surface area contributed by atoms with Gasteiger partial charge in [0.05, 0.1) is 5.69 Å². The number of hydrogen-bond acceptors (Lipinski definition) is 4. The number of ether oxygens (including phenoxy) is 2. The van der Waals surface area contributed by atoms with Crippen LogP contribution in [0.15, 0.2) is 72.8 Å². The summed E-state index contributed by atoms with van der Waals surface area (Å²) < 4.78 is 10.9. The van der Waals surface area contributed by atoms with Crippen molar-refractivity contribution in [1.29, 1.82) is 0 Å². The minimum atomic E-state index is -0.408. The molecule has 0 heterocycles. The monoisotopic (exact) mass is 361 g/mol. The summed E-state index contributed by atoms with van der Waals surface area (Å²) >= 11 is 0. The van der Waals surface area contributed by atoms with Crippen LogP contribution in [-0.2, 0) is 4.79 Å². The molecule has 0 atom stereocenters. The molecule has 3 aromatic rings. The number of nitrogens with one attached hydrogen (secondary N) is 1. The van der Waals surface area contributed by atoms with Crippen molar-refractivity contribution in [3.63, 3.8) is 0 Å². The number of anilines is 1. The predicted octanol–water partition coefficient (Wildman–Crippen LogP) is 4.96. The van der Waals surface area contributed by atoms with Crippen LogP contribution in [0.1, 0.15) is 22.8 Å². The maximum atomic E-state index is 12.5. The number of aryl methyl sites for hydroxylation is 1. The molecule has 1 amide bonds. The Morgan fingerprint density at radius 3 is 2.11 bits per heavy atom. The molecule has 3 rings (SSSR count). The lowest BCUT2D eigenvalue weighted by molar-refractivity contribution is -0.131. The lowest BCUT2D eigenvalue weighted by Crippen LogP contribution is -2.12. The van der Waals surface area contributed by atoms with E-state index in [1.54, 1.807) is 36.4 Å². The van der Waals surface area contributed by atoms with Crippen LogP contribution < -0.4 is 14.8 Å². The lowest BCUT2D eigenvalue weighted by atomic mass is 10.2. The summed E-state index contributed by atoms with van der Waals surface area (Å²) in [6.07, 6.45) is 0. The Morgan fingerprint density at radius 2 is 1.44 bits per heavy atom. The van der Waals surface area contributed by atoms with Gasteiger partial charge in [0.25, 0.3) is 5.91 Å². The minimum absolute atomic E-state index is 0.288. The molecule has 0 bridgehead atoms. The largest absolute Gasteiger partial charge is 0.455 e. The van der Waals surface area contributed by atoms with Gasteiger partial charge in [0.1, 0.15) is 11.5 Å². The molecule has 0 fully saturated rings. The van der Waals surface area contributed by atoms with Gasteiger partial charge in [0.15, 0.2) is 5.75 Å². The van der Waals surface area contributed by atoms with Crippen LogP contribution in [-0.4, -0.2) is 11.9 Å². The van der Waals surface area contributed by atoms with Crippen molar-refractivity contribution < 1.29 is 19.1 Å². The third-order valence-corrected chi connectivity index (χ3v) is 3.76. The highest BCUT2D eigenvalue weighted by molar-refractivity contribution is 6.05. The first-order valence-electron chi connectivity index (χ1n) is 8.44. The van der Waals surface area contributed by atoms with E-state index in [1.165, 1.54) is 6.92 Å². The Balaban J connectivity index is 1.74. The molecular weight excluding hydrogens is 342 g/mol. The number of carbonyl (C=O) groups excluding carboxylic acids is 2. The fourth-order valence-corrected chi connectivity index (χ4v) is 2.43. The van der Waals surface area contributed by atoms with Crippen LogP contribution in [0.5, 0.6) is 17.2 Å². The SMILES string of the molecule is CC(=O)Oc1ccc(C(=O)Nc2ccccc2Oc2ccc(C)cc2)cc1. The smallest absolute Gasteiger partial charge is 0.308 e. The molecule has 0 aliphatic carbocycles. The number of carbonyl (C=O) groups is 2. The molecule has 136 valence electrons. The number of esters is 1. The van der Waals surface area contributed by atoms with Crippen LogP contribution in [0.25, 0.3) is 0 Å². The van der Waals surface area contributed by atoms with E-state index in [2.05, 4.69) is 5.32 Å². The molecule has 0 saturated carbocycles. The Labute approximate surface area is 157 Å². The van der Waals surface area contributed by atoms with E-state index in [9.17, 15) is 9.59 Å². The van der Waals surface area contributed by atoms with E-state index >= 15 is 0 Å². The third-order valence-electron chi connectivity index (χ3n) is 3.76. The second kappa shape index (κ2) is 8.19. The highest BCUT2D eigenvalue weighted by Crippen LogP contribution is 2.29. The summed E-state index contributed by atoms with van der Waals surface area (Å²) in [5.74, 6) is 0.931. The van der Waals surface area contributed by atoms with Crippen LogP contribution >= 0.6 is 0 Å². The van der Waals surface area contributed by atoms with Crippen molar-refractivity contribution in [3.8, 4) is 17.2 Å². The second-order valence-electron chi connectivity index (χ2n) is 5.98. The molecule has 5 heteroatoms. The van der Waals surface area contributed by atoms with Gasteiger partial charge in [-0.25, -0.2) is 0 Å². The van der Waals surface area contributed by atoms with E-state index in [0.29, 0.717) is 28.5 Å². The molecule has 0 spiro atoms. The van der Waals surface area contributed by atoms with E-state index < -0.39 is 5.97 Å². The van der Waals surface area contributed by atoms with Crippen molar-refractivity contribution in [3.05, 3.63) is 83.9 Å². The highest BCUT2D eigenvalue weighted by Gasteiger charge is 2.11. The van der Waals surface area contributed by atoms with Gasteiger partial charge in [-0.3, -0.25) is 9.59 Å². The average Bonchev–Trinajstić information content (AvgIpc) is 2.65. The molecule has 0 aliphatic rings. The fourth-order valence-electron chi connectivity index (χ4n) is 2.43. The van der Waals surface area contributed by atoms with Crippen LogP contribution in [0.3, 0.4) is 0 Å². The first-order chi connectivity index (χ1) is 13.0. The summed E-state index contributed by atoms with van der Waals surface area (Å²) in [5, 5.41) is 2.85. The zero-order valence-corrected chi connectivity index (χ0v) is 15.1. The van der Waals surface area contributed by atoms with Crippen LogP contribution in [0.2, 0.25) is 0 Å². The molecule has 0 aliphatic heterocycles. The van der Waals surface area contributed by atoms with Gasteiger partial charge < -0.3 is 14.8 Å². The number of amides is 1. The van der Waals surface area contributed by atoms with Crippen LogP contribution in [0, 0.1) is 6.92 Å². The zero-order chi connectivity index (χ0) is 19.2. The summed E-state index contributed by atoms with van der Waals surface area (Å²) in [7, 11) is 0.